The molecule has 3 nitrogen and oxygen atoms in total. The zero-order chi connectivity index (χ0) is 10.5. The lowest BCUT2D eigenvalue weighted by Crippen LogP contribution is -1.65. The molecule has 1 aromatic carbocycles. The van der Waals surface area contributed by atoms with Gasteiger partial charge in [-0.2, -0.15) is 0 Å². The topological polar surface area (TPSA) is 48.8 Å². The van der Waals surface area contributed by atoms with Gasteiger partial charge >= 0.3 is 0 Å². The molecule has 0 fully saturated rings. The minimum Gasteiger partial charge on any atom is -0.136 e. The van der Waals surface area contributed by atoms with Crippen LogP contribution in [0.1, 0.15) is 4.88 Å². The first-order valence-electron chi connectivity index (χ1n) is 4.56. The predicted molar refractivity (Wildman–Crippen MR) is 64.9 cm³/mol. The Labute approximate surface area is 91.3 Å². The maximum Gasteiger partial charge on any atom is 0.0443 e. The second kappa shape index (κ2) is 4.64. The van der Waals surface area contributed by atoms with Gasteiger partial charge in [0.2, 0.25) is 0 Å². The summed E-state index contributed by atoms with van der Waals surface area (Å²) in [6, 6.07) is 10.4. The Kier molecular flexibility index (Phi) is 3.02. The molecule has 0 saturated carbocycles. The molecule has 0 bridgehead atoms. The highest BCUT2D eigenvalue weighted by atomic mass is 32.1. The van der Waals surface area contributed by atoms with Gasteiger partial charge < -0.3 is 0 Å². The van der Waals surface area contributed by atoms with Gasteiger partial charge in [-0.15, -0.1) is 11.3 Å². The summed E-state index contributed by atoms with van der Waals surface area (Å²) in [4.78, 5) is 3.87. The predicted octanol–water partition coefficient (Wildman–Crippen LogP) is 4.22. The highest BCUT2D eigenvalue weighted by Crippen LogP contribution is 2.25. The van der Waals surface area contributed by atoms with E-state index in [1.165, 1.54) is 15.0 Å². The van der Waals surface area contributed by atoms with Gasteiger partial charge in [0.15, 0.2) is 0 Å². The first-order valence-corrected chi connectivity index (χ1v) is 5.38. The molecule has 0 N–H and O–H groups in total. The Bertz CT molecular complexity index is 503. The summed E-state index contributed by atoms with van der Waals surface area (Å²) in [5, 5.41) is 4.69. The number of nitrogens with zero attached hydrogens (tertiary/aromatic N) is 3. The van der Waals surface area contributed by atoms with E-state index >= 15 is 0 Å². The molecule has 0 atom stereocenters. The molecule has 0 amide bonds. The minimum atomic E-state index is 0.407. The third kappa shape index (κ3) is 2.37. The fourth-order valence-electron chi connectivity index (χ4n) is 1.34. The fourth-order valence-corrected chi connectivity index (χ4v) is 2.33. The van der Waals surface area contributed by atoms with Gasteiger partial charge in [0, 0.05) is 21.0 Å². The van der Waals surface area contributed by atoms with Gasteiger partial charge in [-0.05, 0) is 29.1 Å². The molecule has 0 spiro atoms. The number of rotatable bonds is 3. The average molecular weight is 215 g/mol. The van der Waals surface area contributed by atoms with E-state index in [1.54, 1.807) is 11.3 Å². The Morgan fingerprint density at radius 2 is 2.27 bits per heavy atom. The van der Waals surface area contributed by atoms with E-state index in [0.29, 0.717) is 6.54 Å². The monoisotopic (exact) mass is 215 g/mol. The van der Waals surface area contributed by atoms with Gasteiger partial charge in [-0.25, -0.2) is 0 Å². The molecule has 0 radical (unpaired) electrons. The molecular formula is C11H9N3S. The standard InChI is InChI=1S/C11H9N3S/c12-14-13-7-3-5-10-8-9-4-1-2-6-11(9)15-10/h1-6,8H,7H2. The van der Waals surface area contributed by atoms with Crippen molar-refractivity contribution < 1.29 is 0 Å². The molecule has 4 heteroatoms. The third-order valence-electron chi connectivity index (χ3n) is 1.98. The second-order valence-corrected chi connectivity index (χ2v) is 4.12. The number of azide groups is 1. The van der Waals surface area contributed by atoms with Crippen molar-refractivity contribution >= 4 is 27.5 Å². The van der Waals surface area contributed by atoms with Gasteiger partial charge in [-0.1, -0.05) is 29.4 Å². The summed E-state index contributed by atoms with van der Waals surface area (Å²) >= 11 is 1.73. The first kappa shape index (κ1) is 9.77. The summed E-state index contributed by atoms with van der Waals surface area (Å²) in [5.74, 6) is 0. The molecule has 0 aliphatic carbocycles. The van der Waals surface area contributed by atoms with Crippen LogP contribution in [0, 0.1) is 0 Å². The summed E-state index contributed by atoms with van der Waals surface area (Å²) in [6.45, 7) is 0.407. The SMILES string of the molecule is [N-]=[N+]=NCC=Cc1cc2ccccc2s1. The number of benzene rings is 1. The van der Waals surface area contributed by atoms with Crippen molar-refractivity contribution in [1.29, 1.82) is 0 Å². The largest absolute Gasteiger partial charge is 0.136 e. The van der Waals surface area contributed by atoms with E-state index in [9.17, 15) is 0 Å². The van der Waals surface area contributed by atoms with Gasteiger partial charge in [-0.3, -0.25) is 0 Å². The molecule has 74 valence electrons. The van der Waals surface area contributed by atoms with E-state index in [-0.39, 0.29) is 0 Å². The summed E-state index contributed by atoms with van der Waals surface area (Å²) in [7, 11) is 0. The van der Waals surface area contributed by atoms with E-state index in [2.05, 4.69) is 28.2 Å². The summed E-state index contributed by atoms with van der Waals surface area (Å²) in [5.41, 5.74) is 8.10. The van der Waals surface area contributed by atoms with Crippen LogP contribution in [-0.2, 0) is 0 Å². The van der Waals surface area contributed by atoms with Crippen LogP contribution in [0.15, 0.2) is 41.5 Å². The van der Waals surface area contributed by atoms with Gasteiger partial charge in [0.1, 0.15) is 0 Å². The molecule has 1 heterocycles. The van der Waals surface area contributed by atoms with Crippen LogP contribution < -0.4 is 0 Å². The lowest BCUT2D eigenvalue weighted by Gasteiger charge is -1.82. The van der Waals surface area contributed by atoms with Gasteiger partial charge in [0.05, 0.1) is 0 Å². The van der Waals surface area contributed by atoms with Crippen LogP contribution in [0.2, 0.25) is 0 Å². The lowest BCUT2D eigenvalue weighted by molar-refractivity contribution is 1.22. The van der Waals surface area contributed by atoms with Crippen LogP contribution in [-0.4, -0.2) is 6.54 Å². The van der Waals surface area contributed by atoms with Crippen LogP contribution in [0.4, 0.5) is 0 Å². The quantitative estimate of drug-likeness (QED) is 0.418. The van der Waals surface area contributed by atoms with E-state index < -0.39 is 0 Å². The molecular weight excluding hydrogens is 206 g/mol. The number of hydrogen-bond donors (Lipinski definition) is 0. The minimum absolute atomic E-state index is 0.407. The van der Waals surface area contributed by atoms with Crippen molar-refractivity contribution in [2.24, 2.45) is 5.11 Å². The van der Waals surface area contributed by atoms with Crippen molar-refractivity contribution in [2.75, 3.05) is 6.54 Å². The Hall–Kier alpha value is -1.77. The maximum atomic E-state index is 8.10. The van der Waals surface area contributed by atoms with E-state index in [4.69, 9.17) is 5.53 Å². The highest BCUT2D eigenvalue weighted by molar-refractivity contribution is 7.19. The number of thiophene rings is 1. The molecule has 2 aromatic rings. The zero-order valence-corrected chi connectivity index (χ0v) is 8.81. The smallest absolute Gasteiger partial charge is 0.0443 e. The number of hydrogen-bond acceptors (Lipinski definition) is 2. The van der Waals surface area contributed by atoms with Crippen molar-refractivity contribution in [1.82, 2.24) is 0 Å². The van der Waals surface area contributed by atoms with Crippen molar-refractivity contribution in [2.45, 2.75) is 0 Å². The molecule has 15 heavy (non-hydrogen) atoms. The second-order valence-electron chi connectivity index (χ2n) is 3.00. The fraction of sp³-hybridized carbons (Fsp3) is 0.0909. The van der Waals surface area contributed by atoms with Crippen molar-refractivity contribution in [3.05, 3.63) is 51.7 Å². The Balaban J connectivity index is 2.22. The first-order chi connectivity index (χ1) is 7.40. The molecule has 0 aliphatic rings. The summed E-state index contributed by atoms with van der Waals surface area (Å²) < 4.78 is 1.28. The van der Waals surface area contributed by atoms with E-state index in [1.807, 2.05) is 24.3 Å². The Morgan fingerprint density at radius 3 is 3.07 bits per heavy atom. The third-order valence-corrected chi connectivity index (χ3v) is 3.06. The number of fused-ring (bicyclic) bond motifs is 1. The lowest BCUT2D eigenvalue weighted by atomic mass is 10.2. The zero-order valence-electron chi connectivity index (χ0n) is 8.00. The highest BCUT2D eigenvalue weighted by Gasteiger charge is 1.96. The van der Waals surface area contributed by atoms with E-state index in [0.717, 1.165) is 0 Å². The Morgan fingerprint density at radius 1 is 1.40 bits per heavy atom. The summed E-state index contributed by atoms with van der Waals surface area (Å²) in [6.07, 6.45) is 3.85. The molecule has 2 rings (SSSR count). The van der Waals surface area contributed by atoms with Crippen LogP contribution in [0.5, 0.6) is 0 Å². The van der Waals surface area contributed by atoms with Crippen LogP contribution >= 0.6 is 11.3 Å². The van der Waals surface area contributed by atoms with Crippen molar-refractivity contribution in [3.63, 3.8) is 0 Å². The van der Waals surface area contributed by atoms with Crippen LogP contribution in [0.25, 0.3) is 26.6 Å². The molecule has 0 aliphatic heterocycles. The molecule has 0 unspecified atom stereocenters. The van der Waals surface area contributed by atoms with Crippen molar-refractivity contribution in [3.8, 4) is 0 Å². The normalized spacial score (nSPS) is 10.7. The van der Waals surface area contributed by atoms with Crippen LogP contribution in [0.3, 0.4) is 0 Å². The van der Waals surface area contributed by atoms with Gasteiger partial charge in [0.25, 0.3) is 0 Å². The molecule has 0 saturated heterocycles. The maximum absolute atomic E-state index is 8.10. The average Bonchev–Trinajstić information content (AvgIpc) is 2.67. The molecule has 1 aromatic heterocycles.